The molecule has 1 aliphatic heterocycles. The van der Waals surface area contributed by atoms with Gasteiger partial charge < -0.3 is 15.0 Å². The topological polar surface area (TPSA) is 44.8 Å². The van der Waals surface area contributed by atoms with Crippen LogP contribution in [-0.4, -0.2) is 73.7 Å². The number of hydrogen-bond donors (Lipinski definition) is 1. The van der Waals surface area contributed by atoms with E-state index in [2.05, 4.69) is 29.1 Å². The van der Waals surface area contributed by atoms with E-state index in [1.54, 1.807) is 0 Å². The van der Waals surface area contributed by atoms with Crippen LogP contribution in [0, 0.1) is 0 Å². The van der Waals surface area contributed by atoms with E-state index in [1.165, 1.54) is 12.8 Å². The van der Waals surface area contributed by atoms with Crippen LogP contribution in [0.25, 0.3) is 0 Å². The van der Waals surface area contributed by atoms with Crippen LogP contribution >= 0.6 is 0 Å². The largest absolute Gasteiger partial charge is 0.465 e. The molecule has 1 saturated heterocycles. The quantitative estimate of drug-likeness (QED) is 0.697. The van der Waals surface area contributed by atoms with Gasteiger partial charge in [0.05, 0.1) is 6.61 Å². The number of nitrogens with one attached hydrogen (secondary N) is 1. The summed E-state index contributed by atoms with van der Waals surface area (Å²) in [5.41, 5.74) is 0. The van der Waals surface area contributed by atoms with Crippen LogP contribution in [0.15, 0.2) is 0 Å². The Kier molecular flexibility index (Phi) is 5.81. The summed E-state index contributed by atoms with van der Waals surface area (Å²) in [6.45, 7) is 8.89. The number of esters is 1. The van der Waals surface area contributed by atoms with Crippen molar-refractivity contribution in [3.63, 3.8) is 0 Å². The van der Waals surface area contributed by atoms with Crippen molar-refractivity contribution in [2.24, 2.45) is 0 Å². The molecule has 0 spiro atoms. The van der Waals surface area contributed by atoms with Gasteiger partial charge in [-0.15, -0.1) is 0 Å². The molecule has 116 valence electrons. The van der Waals surface area contributed by atoms with Crippen LogP contribution < -0.4 is 5.32 Å². The van der Waals surface area contributed by atoms with E-state index in [9.17, 15) is 4.79 Å². The van der Waals surface area contributed by atoms with E-state index in [0.29, 0.717) is 18.7 Å². The molecule has 2 atom stereocenters. The Balaban J connectivity index is 1.79. The monoisotopic (exact) mass is 283 g/mol. The normalized spacial score (nSPS) is 26.4. The summed E-state index contributed by atoms with van der Waals surface area (Å²) >= 11 is 0. The molecular weight excluding hydrogens is 254 g/mol. The predicted octanol–water partition coefficient (Wildman–Crippen LogP) is 0.696. The van der Waals surface area contributed by atoms with Crippen LogP contribution in [0.4, 0.5) is 0 Å². The summed E-state index contributed by atoms with van der Waals surface area (Å²) in [5, 5.41) is 3.43. The molecule has 5 heteroatoms. The highest BCUT2D eigenvalue weighted by molar-refractivity contribution is 5.75. The van der Waals surface area contributed by atoms with Gasteiger partial charge in [0, 0.05) is 38.3 Å². The van der Waals surface area contributed by atoms with Gasteiger partial charge in [-0.25, -0.2) is 0 Å². The van der Waals surface area contributed by atoms with E-state index in [1.807, 2.05) is 6.92 Å². The zero-order valence-corrected chi connectivity index (χ0v) is 13.1. The lowest BCUT2D eigenvalue weighted by Crippen LogP contribution is -2.52. The standard InChI is InChI=1S/C15H29N3O2/c1-4-20-15(19)14(16-13-5-6-13)7-8-18-10-9-17(3)11-12(18)2/h12-14,16H,4-11H2,1-3H3. The molecular formula is C15H29N3O2. The van der Waals surface area contributed by atoms with Gasteiger partial charge in [0.25, 0.3) is 0 Å². The minimum atomic E-state index is -0.130. The van der Waals surface area contributed by atoms with Gasteiger partial charge in [-0.05, 0) is 40.2 Å². The third-order valence-electron chi connectivity index (χ3n) is 4.26. The fraction of sp³-hybridized carbons (Fsp3) is 0.933. The van der Waals surface area contributed by atoms with Gasteiger partial charge in [-0.1, -0.05) is 0 Å². The van der Waals surface area contributed by atoms with E-state index in [-0.39, 0.29) is 12.0 Å². The van der Waals surface area contributed by atoms with Crippen molar-refractivity contribution >= 4 is 5.97 Å². The highest BCUT2D eigenvalue weighted by Crippen LogP contribution is 2.20. The maximum atomic E-state index is 12.0. The van der Waals surface area contributed by atoms with Crippen LogP contribution in [0.3, 0.4) is 0 Å². The molecule has 0 aromatic heterocycles. The van der Waals surface area contributed by atoms with Crippen LogP contribution in [0.5, 0.6) is 0 Å². The Morgan fingerprint density at radius 2 is 2.15 bits per heavy atom. The fourth-order valence-corrected chi connectivity index (χ4v) is 2.85. The molecule has 0 aromatic carbocycles. The van der Waals surface area contributed by atoms with Crippen molar-refractivity contribution in [3.05, 3.63) is 0 Å². The molecule has 5 nitrogen and oxygen atoms in total. The van der Waals surface area contributed by atoms with Crippen molar-refractivity contribution in [3.8, 4) is 0 Å². The second-order valence-electron chi connectivity index (χ2n) is 6.18. The number of rotatable bonds is 7. The summed E-state index contributed by atoms with van der Waals surface area (Å²) in [6.07, 6.45) is 3.24. The molecule has 0 bridgehead atoms. The molecule has 20 heavy (non-hydrogen) atoms. The smallest absolute Gasteiger partial charge is 0.323 e. The molecule has 0 amide bonds. The first kappa shape index (κ1) is 15.7. The third kappa shape index (κ3) is 4.72. The predicted molar refractivity (Wildman–Crippen MR) is 79.7 cm³/mol. The fourth-order valence-electron chi connectivity index (χ4n) is 2.85. The summed E-state index contributed by atoms with van der Waals surface area (Å²) in [4.78, 5) is 16.9. The zero-order chi connectivity index (χ0) is 14.5. The van der Waals surface area contributed by atoms with Crippen molar-refractivity contribution in [1.29, 1.82) is 0 Å². The van der Waals surface area contributed by atoms with Crippen LogP contribution in [0.1, 0.15) is 33.1 Å². The Labute approximate surface area is 122 Å². The Hall–Kier alpha value is -0.650. The average molecular weight is 283 g/mol. The minimum Gasteiger partial charge on any atom is -0.465 e. The van der Waals surface area contributed by atoms with Crippen molar-refractivity contribution in [2.75, 3.05) is 39.8 Å². The summed E-state index contributed by atoms with van der Waals surface area (Å²) in [5.74, 6) is -0.0822. The Morgan fingerprint density at radius 1 is 1.40 bits per heavy atom. The number of piperazine rings is 1. The molecule has 1 N–H and O–H groups in total. The number of likely N-dealkylation sites (N-methyl/N-ethyl adjacent to an activating group) is 1. The number of nitrogens with zero attached hydrogens (tertiary/aromatic N) is 2. The highest BCUT2D eigenvalue weighted by Gasteiger charge is 2.30. The van der Waals surface area contributed by atoms with E-state index in [0.717, 1.165) is 32.6 Å². The van der Waals surface area contributed by atoms with Crippen LogP contribution in [-0.2, 0) is 9.53 Å². The van der Waals surface area contributed by atoms with Gasteiger partial charge in [0.1, 0.15) is 6.04 Å². The highest BCUT2D eigenvalue weighted by atomic mass is 16.5. The maximum absolute atomic E-state index is 12.0. The average Bonchev–Trinajstić information content (AvgIpc) is 3.20. The molecule has 2 fully saturated rings. The second kappa shape index (κ2) is 7.38. The molecule has 1 saturated carbocycles. The first-order chi connectivity index (χ1) is 9.60. The van der Waals surface area contributed by atoms with Crippen molar-refractivity contribution in [1.82, 2.24) is 15.1 Å². The lowest BCUT2D eigenvalue weighted by Gasteiger charge is -2.38. The van der Waals surface area contributed by atoms with Crippen molar-refractivity contribution < 1.29 is 9.53 Å². The molecule has 1 aliphatic carbocycles. The van der Waals surface area contributed by atoms with E-state index in [4.69, 9.17) is 4.74 Å². The molecule has 2 rings (SSSR count). The summed E-state index contributed by atoms with van der Waals surface area (Å²) in [7, 11) is 2.17. The number of ether oxygens (including phenoxy) is 1. The molecule has 1 heterocycles. The zero-order valence-electron chi connectivity index (χ0n) is 13.1. The molecule has 0 aromatic rings. The van der Waals surface area contributed by atoms with E-state index >= 15 is 0 Å². The summed E-state index contributed by atoms with van der Waals surface area (Å²) < 4.78 is 5.19. The molecule has 2 unspecified atom stereocenters. The first-order valence-electron chi connectivity index (χ1n) is 7.95. The lowest BCUT2D eigenvalue weighted by molar-refractivity contribution is -0.146. The Morgan fingerprint density at radius 3 is 2.75 bits per heavy atom. The SMILES string of the molecule is CCOC(=O)C(CCN1CCN(C)CC1C)NC1CC1. The first-order valence-corrected chi connectivity index (χ1v) is 7.95. The van der Waals surface area contributed by atoms with E-state index < -0.39 is 0 Å². The number of carbonyl (C=O) groups is 1. The Bertz CT molecular complexity index is 320. The van der Waals surface area contributed by atoms with Crippen LogP contribution in [0.2, 0.25) is 0 Å². The van der Waals surface area contributed by atoms with Crippen molar-refractivity contribution in [2.45, 2.75) is 51.2 Å². The lowest BCUT2D eigenvalue weighted by atomic mass is 10.1. The van der Waals surface area contributed by atoms with Gasteiger partial charge in [-0.3, -0.25) is 9.69 Å². The van der Waals surface area contributed by atoms with Gasteiger partial charge in [-0.2, -0.15) is 0 Å². The van der Waals surface area contributed by atoms with Gasteiger partial charge in [0.2, 0.25) is 0 Å². The van der Waals surface area contributed by atoms with Gasteiger partial charge >= 0.3 is 5.97 Å². The minimum absolute atomic E-state index is 0.0822. The molecule has 0 radical (unpaired) electrons. The summed E-state index contributed by atoms with van der Waals surface area (Å²) in [6, 6.07) is 0.973. The molecule has 2 aliphatic rings. The number of carbonyl (C=O) groups excluding carboxylic acids is 1. The second-order valence-corrected chi connectivity index (χ2v) is 6.18. The maximum Gasteiger partial charge on any atom is 0.323 e. The van der Waals surface area contributed by atoms with Gasteiger partial charge in [0.15, 0.2) is 0 Å². The number of hydrogen-bond acceptors (Lipinski definition) is 5. The third-order valence-corrected chi connectivity index (χ3v) is 4.26.